The van der Waals surface area contributed by atoms with E-state index in [4.69, 9.17) is 0 Å². The van der Waals surface area contributed by atoms with Gasteiger partial charge in [0.05, 0.1) is 0 Å². The number of pyridine rings is 1. The van der Waals surface area contributed by atoms with E-state index >= 15 is 0 Å². The molecular formula is C13H19N5. The van der Waals surface area contributed by atoms with Gasteiger partial charge in [-0.25, -0.2) is 4.52 Å². The van der Waals surface area contributed by atoms with Crippen molar-refractivity contribution in [3.05, 3.63) is 23.9 Å². The van der Waals surface area contributed by atoms with Crippen LogP contribution in [0.3, 0.4) is 0 Å². The van der Waals surface area contributed by atoms with Gasteiger partial charge in [-0.05, 0) is 44.4 Å². The number of hydrogen-bond acceptors (Lipinski definition) is 4. The molecule has 0 unspecified atom stereocenters. The Balaban J connectivity index is 1.52. The van der Waals surface area contributed by atoms with Crippen molar-refractivity contribution < 1.29 is 0 Å². The molecule has 1 saturated carbocycles. The van der Waals surface area contributed by atoms with Gasteiger partial charge in [-0.3, -0.25) is 0 Å². The zero-order chi connectivity index (χ0) is 12.4. The van der Waals surface area contributed by atoms with Crippen molar-refractivity contribution in [3.63, 3.8) is 0 Å². The minimum absolute atomic E-state index is 0.718. The molecule has 0 atom stereocenters. The van der Waals surface area contributed by atoms with Gasteiger partial charge in [0.1, 0.15) is 0 Å². The fourth-order valence-corrected chi connectivity index (χ4v) is 2.00. The Labute approximate surface area is 107 Å². The number of hydrogen-bond donors (Lipinski definition) is 2. The minimum atomic E-state index is 0.718. The molecule has 0 bridgehead atoms. The molecule has 2 N–H and O–H groups in total. The third-order valence-corrected chi connectivity index (χ3v) is 3.20. The lowest BCUT2D eigenvalue weighted by molar-refractivity contribution is 0.658. The van der Waals surface area contributed by atoms with Crippen LogP contribution in [0.1, 0.15) is 24.8 Å². The SMILES string of the molecule is Cc1cccn2nc(NCCCNC3CC3)nc12. The van der Waals surface area contributed by atoms with Gasteiger partial charge in [-0.15, -0.1) is 5.10 Å². The quantitative estimate of drug-likeness (QED) is 0.759. The van der Waals surface area contributed by atoms with E-state index in [1.165, 1.54) is 12.8 Å². The van der Waals surface area contributed by atoms with Crippen LogP contribution in [0.5, 0.6) is 0 Å². The summed E-state index contributed by atoms with van der Waals surface area (Å²) in [5.41, 5.74) is 2.07. The summed E-state index contributed by atoms with van der Waals surface area (Å²) < 4.78 is 1.82. The zero-order valence-corrected chi connectivity index (χ0v) is 10.7. The second kappa shape index (κ2) is 4.94. The third-order valence-electron chi connectivity index (χ3n) is 3.20. The molecule has 1 fully saturated rings. The van der Waals surface area contributed by atoms with Gasteiger partial charge in [0, 0.05) is 18.8 Å². The average molecular weight is 245 g/mol. The Hall–Kier alpha value is -1.62. The van der Waals surface area contributed by atoms with Crippen LogP contribution < -0.4 is 10.6 Å². The van der Waals surface area contributed by atoms with Crippen molar-refractivity contribution in [2.45, 2.75) is 32.2 Å². The van der Waals surface area contributed by atoms with E-state index in [-0.39, 0.29) is 0 Å². The van der Waals surface area contributed by atoms with Gasteiger partial charge in [0.2, 0.25) is 5.95 Å². The molecule has 0 amide bonds. The second-order valence-corrected chi connectivity index (χ2v) is 4.90. The first-order valence-electron chi connectivity index (χ1n) is 6.62. The molecule has 0 saturated heterocycles. The summed E-state index contributed by atoms with van der Waals surface area (Å²) in [5.74, 6) is 0.718. The summed E-state index contributed by atoms with van der Waals surface area (Å²) in [4.78, 5) is 4.48. The number of nitrogens with zero attached hydrogens (tertiary/aromatic N) is 3. The monoisotopic (exact) mass is 245 g/mol. The highest BCUT2D eigenvalue weighted by molar-refractivity contribution is 5.49. The Morgan fingerprint density at radius 2 is 2.28 bits per heavy atom. The lowest BCUT2D eigenvalue weighted by Gasteiger charge is -2.02. The number of aryl methyl sites for hydroxylation is 1. The van der Waals surface area contributed by atoms with Crippen LogP contribution in [0.2, 0.25) is 0 Å². The summed E-state index contributed by atoms with van der Waals surface area (Å²) in [6.45, 7) is 4.03. The van der Waals surface area contributed by atoms with E-state index in [0.717, 1.165) is 42.7 Å². The third kappa shape index (κ3) is 2.61. The Morgan fingerprint density at radius 3 is 3.06 bits per heavy atom. The van der Waals surface area contributed by atoms with Crippen molar-refractivity contribution in [2.75, 3.05) is 18.4 Å². The van der Waals surface area contributed by atoms with E-state index in [0.29, 0.717) is 0 Å². The second-order valence-electron chi connectivity index (χ2n) is 4.90. The van der Waals surface area contributed by atoms with Crippen LogP contribution in [0.4, 0.5) is 5.95 Å². The number of fused-ring (bicyclic) bond motifs is 1. The molecular weight excluding hydrogens is 226 g/mol. The standard InChI is InChI=1S/C13H19N5/c1-10-4-2-9-18-12(10)16-13(17-18)15-8-3-7-14-11-5-6-11/h2,4,9,11,14H,3,5-8H2,1H3,(H,15,17). The maximum absolute atomic E-state index is 4.48. The van der Waals surface area contributed by atoms with Crippen molar-refractivity contribution in [3.8, 4) is 0 Å². The molecule has 5 nitrogen and oxygen atoms in total. The lowest BCUT2D eigenvalue weighted by atomic mass is 10.3. The average Bonchev–Trinajstić information content (AvgIpc) is 3.08. The van der Waals surface area contributed by atoms with Crippen LogP contribution in [0.25, 0.3) is 5.65 Å². The largest absolute Gasteiger partial charge is 0.353 e. The number of anilines is 1. The summed E-state index contributed by atoms with van der Waals surface area (Å²) in [7, 11) is 0. The lowest BCUT2D eigenvalue weighted by Crippen LogP contribution is -2.20. The van der Waals surface area contributed by atoms with Gasteiger partial charge >= 0.3 is 0 Å². The first-order valence-corrected chi connectivity index (χ1v) is 6.62. The molecule has 2 aromatic heterocycles. The van der Waals surface area contributed by atoms with Gasteiger partial charge in [0.15, 0.2) is 5.65 Å². The van der Waals surface area contributed by atoms with Crippen LogP contribution in [0, 0.1) is 6.92 Å². The Kier molecular flexibility index (Phi) is 3.15. The van der Waals surface area contributed by atoms with E-state index in [1.807, 2.05) is 29.8 Å². The highest BCUT2D eigenvalue weighted by atomic mass is 15.3. The van der Waals surface area contributed by atoms with Gasteiger partial charge < -0.3 is 10.6 Å². The summed E-state index contributed by atoms with van der Waals surface area (Å²) in [6.07, 6.45) is 5.72. The number of rotatable bonds is 6. The molecule has 96 valence electrons. The minimum Gasteiger partial charge on any atom is -0.353 e. The molecule has 2 aromatic rings. The van der Waals surface area contributed by atoms with Crippen molar-refractivity contribution in [1.82, 2.24) is 19.9 Å². The molecule has 0 spiro atoms. The van der Waals surface area contributed by atoms with Crippen molar-refractivity contribution in [1.29, 1.82) is 0 Å². The van der Waals surface area contributed by atoms with Crippen LogP contribution in [-0.4, -0.2) is 33.7 Å². The van der Waals surface area contributed by atoms with Crippen LogP contribution in [0.15, 0.2) is 18.3 Å². The van der Waals surface area contributed by atoms with Gasteiger partial charge in [-0.2, -0.15) is 4.98 Å². The first kappa shape index (κ1) is 11.5. The molecule has 0 aliphatic heterocycles. The maximum atomic E-state index is 4.48. The Morgan fingerprint density at radius 1 is 1.39 bits per heavy atom. The van der Waals surface area contributed by atoms with Crippen molar-refractivity contribution >= 4 is 11.6 Å². The molecule has 0 radical (unpaired) electrons. The Bertz CT molecular complexity index is 529. The summed E-state index contributed by atoms with van der Waals surface area (Å²) >= 11 is 0. The van der Waals surface area contributed by atoms with Crippen LogP contribution in [-0.2, 0) is 0 Å². The molecule has 2 heterocycles. The highest BCUT2D eigenvalue weighted by Crippen LogP contribution is 2.18. The van der Waals surface area contributed by atoms with E-state index in [1.54, 1.807) is 0 Å². The molecule has 1 aliphatic carbocycles. The van der Waals surface area contributed by atoms with E-state index in [9.17, 15) is 0 Å². The molecule has 5 heteroatoms. The zero-order valence-electron chi connectivity index (χ0n) is 10.7. The fraction of sp³-hybridized carbons (Fsp3) is 0.538. The first-order chi connectivity index (χ1) is 8.83. The summed E-state index contributed by atoms with van der Waals surface area (Å²) in [5, 5.41) is 11.2. The molecule has 3 rings (SSSR count). The summed E-state index contributed by atoms with van der Waals surface area (Å²) in [6, 6.07) is 4.83. The van der Waals surface area contributed by atoms with E-state index in [2.05, 4.69) is 20.7 Å². The molecule has 18 heavy (non-hydrogen) atoms. The smallest absolute Gasteiger partial charge is 0.243 e. The topological polar surface area (TPSA) is 54.2 Å². The normalized spacial score (nSPS) is 15.2. The van der Waals surface area contributed by atoms with Crippen LogP contribution >= 0.6 is 0 Å². The number of nitrogens with one attached hydrogen (secondary N) is 2. The molecule has 1 aliphatic rings. The van der Waals surface area contributed by atoms with Gasteiger partial charge in [0.25, 0.3) is 0 Å². The van der Waals surface area contributed by atoms with Crippen molar-refractivity contribution in [2.24, 2.45) is 0 Å². The highest BCUT2D eigenvalue weighted by Gasteiger charge is 2.19. The predicted molar refractivity (Wildman–Crippen MR) is 71.9 cm³/mol. The maximum Gasteiger partial charge on any atom is 0.243 e. The fourth-order valence-electron chi connectivity index (χ4n) is 2.00. The number of aromatic nitrogens is 3. The van der Waals surface area contributed by atoms with Gasteiger partial charge in [-0.1, -0.05) is 6.07 Å². The van der Waals surface area contributed by atoms with E-state index < -0.39 is 0 Å². The predicted octanol–water partition coefficient (Wildman–Crippen LogP) is 1.59. The molecule has 0 aromatic carbocycles.